The highest BCUT2D eigenvalue weighted by molar-refractivity contribution is 6.02. The molecule has 5 heterocycles. The zero-order chi connectivity index (χ0) is 25.2. The average molecular weight is 503 g/mol. The van der Waals surface area contributed by atoms with Gasteiger partial charge in [-0.1, -0.05) is 12.1 Å². The number of amides is 1. The summed E-state index contributed by atoms with van der Waals surface area (Å²) in [6.45, 7) is 6.32. The number of nitrogens with zero attached hydrogens (tertiary/aromatic N) is 6. The molecule has 1 amide bonds. The van der Waals surface area contributed by atoms with Crippen LogP contribution in [0.1, 0.15) is 37.4 Å². The molecule has 0 aliphatic carbocycles. The van der Waals surface area contributed by atoms with E-state index in [1.54, 1.807) is 13.4 Å². The zero-order valence-corrected chi connectivity index (χ0v) is 21.3. The first-order valence-electron chi connectivity index (χ1n) is 13.3. The van der Waals surface area contributed by atoms with Crippen LogP contribution in [0, 0.1) is 0 Å². The van der Waals surface area contributed by atoms with Crippen molar-refractivity contribution < 1.29 is 9.53 Å². The number of aromatic nitrogens is 4. The second-order valence-electron chi connectivity index (χ2n) is 10.0. The van der Waals surface area contributed by atoms with Crippen molar-refractivity contribution in [2.75, 3.05) is 61.9 Å². The van der Waals surface area contributed by atoms with Crippen molar-refractivity contribution >= 4 is 23.2 Å². The van der Waals surface area contributed by atoms with E-state index in [1.165, 1.54) is 25.9 Å². The third kappa shape index (κ3) is 4.98. The van der Waals surface area contributed by atoms with E-state index in [-0.39, 0.29) is 12.5 Å². The van der Waals surface area contributed by atoms with Crippen LogP contribution < -0.4 is 20.3 Å². The smallest absolute Gasteiger partial charge is 0.243 e. The number of piperidine rings is 1. The molecule has 2 N–H and O–H groups in total. The summed E-state index contributed by atoms with van der Waals surface area (Å²) in [4.78, 5) is 30.8. The molecule has 2 saturated heterocycles. The number of likely N-dealkylation sites (tertiary alicyclic amines) is 1. The number of nitrogens with one attached hydrogen (secondary N) is 2. The Bertz CT molecular complexity index is 1260. The van der Waals surface area contributed by atoms with E-state index in [2.05, 4.69) is 53.3 Å². The third-order valence-corrected chi connectivity index (χ3v) is 7.70. The van der Waals surface area contributed by atoms with Crippen LogP contribution in [0.2, 0.25) is 0 Å². The second kappa shape index (κ2) is 10.4. The normalized spacial score (nSPS) is 18.4. The summed E-state index contributed by atoms with van der Waals surface area (Å²) in [5, 5.41) is 6.03. The largest absolute Gasteiger partial charge is 0.497 e. The van der Waals surface area contributed by atoms with E-state index in [0.717, 1.165) is 67.7 Å². The average Bonchev–Trinajstić information content (AvgIpc) is 3.62. The number of carbonyl (C=O) groups is 1. The molecule has 3 aliphatic rings. The first kappa shape index (κ1) is 23.7. The minimum absolute atomic E-state index is 0.0662. The number of ether oxygens (including phenoxy) is 1. The molecule has 194 valence electrons. The summed E-state index contributed by atoms with van der Waals surface area (Å²) in [5.41, 5.74) is 2.76. The number of rotatable bonds is 7. The maximum atomic E-state index is 12.0. The van der Waals surface area contributed by atoms with E-state index in [0.29, 0.717) is 17.4 Å². The number of fused-ring (bicyclic) bond motifs is 1. The molecule has 10 heteroatoms. The molecule has 2 aromatic heterocycles. The molecule has 0 saturated carbocycles. The molecule has 0 radical (unpaired) electrons. The summed E-state index contributed by atoms with van der Waals surface area (Å²) < 4.78 is 7.84. The van der Waals surface area contributed by atoms with Gasteiger partial charge in [0.15, 0.2) is 11.6 Å². The van der Waals surface area contributed by atoms with Gasteiger partial charge < -0.3 is 29.7 Å². The van der Waals surface area contributed by atoms with Crippen LogP contribution >= 0.6 is 0 Å². The highest BCUT2D eigenvalue weighted by atomic mass is 16.5. The fourth-order valence-corrected chi connectivity index (χ4v) is 5.67. The lowest BCUT2D eigenvalue weighted by Gasteiger charge is -2.34. The molecule has 3 aliphatic heterocycles. The Hall–Kier alpha value is -3.66. The van der Waals surface area contributed by atoms with E-state index in [4.69, 9.17) is 9.72 Å². The number of carbonyl (C=O) groups excluding carboxylic acids is 1. The van der Waals surface area contributed by atoms with Crippen LogP contribution in [-0.2, 0) is 11.3 Å². The number of anilines is 3. The SMILES string of the molecule is COc1cccc(-c2cn(CCN3CCCC3)c(C3CCN(c4ncnc5c4NC(=O)CN5)CC3)n2)c1. The third-order valence-electron chi connectivity index (χ3n) is 7.70. The predicted octanol–water partition coefficient (Wildman–Crippen LogP) is 3.19. The van der Waals surface area contributed by atoms with Crippen LogP contribution in [0.3, 0.4) is 0 Å². The minimum atomic E-state index is -0.0662. The Morgan fingerprint density at radius 3 is 2.73 bits per heavy atom. The monoisotopic (exact) mass is 502 g/mol. The van der Waals surface area contributed by atoms with Gasteiger partial charge in [0, 0.05) is 43.9 Å². The van der Waals surface area contributed by atoms with Crippen molar-refractivity contribution in [1.82, 2.24) is 24.4 Å². The summed E-state index contributed by atoms with van der Waals surface area (Å²) in [7, 11) is 1.70. The van der Waals surface area contributed by atoms with Gasteiger partial charge >= 0.3 is 0 Å². The lowest BCUT2D eigenvalue weighted by molar-refractivity contribution is -0.114. The molecular weight excluding hydrogens is 468 g/mol. The summed E-state index contributed by atoms with van der Waals surface area (Å²) in [6.07, 6.45) is 8.32. The van der Waals surface area contributed by atoms with Crippen LogP contribution in [0.15, 0.2) is 36.8 Å². The first-order chi connectivity index (χ1) is 18.2. The van der Waals surface area contributed by atoms with E-state index in [1.807, 2.05) is 12.1 Å². The topological polar surface area (TPSA) is 100 Å². The fraction of sp³-hybridized carbons (Fsp3) is 0.481. The molecule has 6 rings (SSSR count). The van der Waals surface area contributed by atoms with Crippen LogP contribution in [0.25, 0.3) is 11.3 Å². The molecule has 0 atom stereocenters. The second-order valence-corrected chi connectivity index (χ2v) is 10.0. The van der Waals surface area contributed by atoms with Gasteiger partial charge in [0.1, 0.15) is 23.6 Å². The van der Waals surface area contributed by atoms with Crippen LogP contribution in [0.4, 0.5) is 17.3 Å². The highest BCUT2D eigenvalue weighted by Crippen LogP contribution is 2.36. The van der Waals surface area contributed by atoms with Gasteiger partial charge in [0.05, 0.1) is 19.3 Å². The Morgan fingerprint density at radius 1 is 1.08 bits per heavy atom. The minimum Gasteiger partial charge on any atom is -0.497 e. The molecule has 1 aromatic carbocycles. The van der Waals surface area contributed by atoms with Crippen molar-refractivity contribution in [3.05, 3.63) is 42.6 Å². The van der Waals surface area contributed by atoms with Crippen LogP contribution in [-0.4, -0.2) is 76.7 Å². The van der Waals surface area contributed by atoms with E-state index < -0.39 is 0 Å². The van der Waals surface area contributed by atoms with E-state index >= 15 is 0 Å². The Kier molecular flexibility index (Phi) is 6.65. The molecule has 37 heavy (non-hydrogen) atoms. The molecule has 10 nitrogen and oxygen atoms in total. The summed E-state index contributed by atoms with van der Waals surface area (Å²) in [5.74, 6) is 3.78. The lowest BCUT2D eigenvalue weighted by atomic mass is 9.95. The number of methoxy groups -OCH3 is 1. The first-order valence-corrected chi connectivity index (χ1v) is 13.3. The maximum absolute atomic E-state index is 12.0. The van der Waals surface area contributed by atoms with Crippen LogP contribution in [0.5, 0.6) is 5.75 Å². The number of imidazole rings is 1. The van der Waals surface area contributed by atoms with Gasteiger partial charge in [0.25, 0.3) is 0 Å². The number of benzene rings is 1. The molecule has 0 bridgehead atoms. The Morgan fingerprint density at radius 2 is 1.92 bits per heavy atom. The van der Waals surface area contributed by atoms with Crippen molar-refractivity contribution in [2.24, 2.45) is 0 Å². The van der Waals surface area contributed by atoms with Gasteiger partial charge in [-0.05, 0) is 50.9 Å². The predicted molar refractivity (Wildman–Crippen MR) is 143 cm³/mol. The molecular formula is C27H34N8O2. The van der Waals surface area contributed by atoms with Crippen molar-refractivity contribution in [1.29, 1.82) is 0 Å². The van der Waals surface area contributed by atoms with Gasteiger partial charge in [-0.25, -0.2) is 15.0 Å². The Labute approximate surface area is 217 Å². The molecule has 0 unspecified atom stereocenters. The van der Waals surface area contributed by atoms with Gasteiger partial charge in [-0.15, -0.1) is 0 Å². The van der Waals surface area contributed by atoms with Crippen molar-refractivity contribution in [3.63, 3.8) is 0 Å². The standard InChI is InChI=1S/C27H34N8O2/c1-37-21-6-4-5-20(15-21)22-17-35(14-13-33-9-2-3-10-33)26(31-22)19-7-11-34(12-8-19)27-24-25(29-18-30-27)28-16-23(36)32-24/h4-6,15,17-19H,2-3,7-14,16H2,1H3,(H,32,36)(H,28,29,30). The van der Waals surface area contributed by atoms with Gasteiger partial charge in [-0.3, -0.25) is 4.79 Å². The van der Waals surface area contributed by atoms with Gasteiger partial charge in [-0.2, -0.15) is 0 Å². The molecule has 2 fully saturated rings. The quantitative estimate of drug-likeness (QED) is 0.508. The number of hydrogen-bond donors (Lipinski definition) is 2. The number of hydrogen-bond acceptors (Lipinski definition) is 8. The molecule has 3 aromatic rings. The highest BCUT2D eigenvalue weighted by Gasteiger charge is 2.29. The summed E-state index contributed by atoms with van der Waals surface area (Å²) in [6, 6.07) is 8.14. The Balaban J connectivity index is 1.22. The van der Waals surface area contributed by atoms with Gasteiger partial charge in [0.2, 0.25) is 5.91 Å². The van der Waals surface area contributed by atoms with E-state index in [9.17, 15) is 4.79 Å². The zero-order valence-electron chi connectivity index (χ0n) is 21.3. The van der Waals surface area contributed by atoms with Crippen molar-refractivity contribution in [3.8, 4) is 17.0 Å². The summed E-state index contributed by atoms with van der Waals surface area (Å²) >= 11 is 0. The fourth-order valence-electron chi connectivity index (χ4n) is 5.67. The van der Waals surface area contributed by atoms with Crippen molar-refractivity contribution in [2.45, 2.75) is 38.1 Å². The lowest BCUT2D eigenvalue weighted by Crippen LogP contribution is -2.37. The molecule has 0 spiro atoms. The maximum Gasteiger partial charge on any atom is 0.243 e.